The summed E-state index contributed by atoms with van der Waals surface area (Å²) in [7, 11) is 0. The molecule has 2 amide bonds. The van der Waals surface area contributed by atoms with Gasteiger partial charge in [-0.3, -0.25) is 4.79 Å². The first-order valence-electron chi connectivity index (χ1n) is 8.84. The SMILES string of the molecule is O=C(CNC(=O)OCc1ccccc1)NCc1nnc2n1CCCCC2. The maximum atomic E-state index is 11.9. The van der Waals surface area contributed by atoms with Crippen molar-refractivity contribution in [1.29, 1.82) is 0 Å². The highest BCUT2D eigenvalue weighted by Crippen LogP contribution is 2.14. The van der Waals surface area contributed by atoms with Gasteiger partial charge in [-0.05, 0) is 18.4 Å². The number of ether oxygens (including phenoxy) is 1. The van der Waals surface area contributed by atoms with E-state index < -0.39 is 6.09 Å². The molecule has 0 unspecified atom stereocenters. The van der Waals surface area contributed by atoms with E-state index in [4.69, 9.17) is 4.74 Å². The van der Waals surface area contributed by atoms with Gasteiger partial charge in [-0.2, -0.15) is 0 Å². The monoisotopic (exact) mass is 357 g/mol. The quantitative estimate of drug-likeness (QED) is 0.817. The number of carbonyl (C=O) groups is 2. The lowest BCUT2D eigenvalue weighted by Crippen LogP contribution is -2.37. The zero-order valence-corrected chi connectivity index (χ0v) is 14.6. The molecule has 1 aliphatic heterocycles. The molecule has 1 aromatic carbocycles. The number of fused-ring (bicyclic) bond motifs is 1. The van der Waals surface area contributed by atoms with Crippen molar-refractivity contribution in [3.63, 3.8) is 0 Å². The second-order valence-electron chi connectivity index (χ2n) is 6.19. The number of hydrogen-bond acceptors (Lipinski definition) is 5. The van der Waals surface area contributed by atoms with E-state index in [1.54, 1.807) is 0 Å². The molecule has 0 bridgehead atoms. The average Bonchev–Trinajstić information content (AvgIpc) is 2.90. The van der Waals surface area contributed by atoms with Gasteiger partial charge in [0.25, 0.3) is 0 Å². The summed E-state index contributed by atoms with van der Waals surface area (Å²) >= 11 is 0. The molecule has 0 saturated heterocycles. The van der Waals surface area contributed by atoms with Crippen molar-refractivity contribution >= 4 is 12.0 Å². The zero-order chi connectivity index (χ0) is 18.2. The van der Waals surface area contributed by atoms with E-state index >= 15 is 0 Å². The summed E-state index contributed by atoms with van der Waals surface area (Å²) in [5.74, 6) is 1.43. The van der Waals surface area contributed by atoms with Crippen LogP contribution in [0.4, 0.5) is 4.79 Å². The van der Waals surface area contributed by atoms with Gasteiger partial charge in [-0.25, -0.2) is 4.79 Å². The van der Waals surface area contributed by atoms with Crippen molar-refractivity contribution in [3.05, 3.63) is 47.5 Å². The molecule has 2 aromatic rings. The first kappa shape index (κ1) is 17.9. The third-order valence-corrected chi connectivity index (χ3v) is 4.24. The van der Waals surface area contributed by atoms with Crippen LogP contribution in [0.25, 0.3) is 0 Å². The Kier molecular flexibility index (Phi) is 6.19. The minimum atomic E-state index is -0.625. The van der Waals surface area contributed by atoms with E-state index in [0.717, 1.165) is 43.0 Å². The fourth-order valence-electron chi connectivity index (χ4n) is 2.84. The van der Waals surface area contributed by atoms with Gasteiger partial charge >= 0.3 is 6.09 Å². The molecule has 0 atom stereocenters. The fourth-order valence-corrected chi connectivity index (χ4v) is 2.84. The van der Waals surface area contributed by atoms with Gasteiger partial charge in [0.1, 0.15) is 19.0 Å². The average molecular weight is 357 g/mol. The molecule has 138 valence electrons. The molecule has 0 radical (unpaired) electrons. The van der Waals surface area contributed by atoms with E-state index in [9.17, 15) is 9.59 Å². The highest BCUT2D eigenvalue weighted by Gasteiger charge is 2.15. The Balaban J connectivity index is 1.38. The van der Waals surface area contributed by atoms with Gasteiger partial charge in [0, 0.05) is 13.0 Å². The van der Waals surface area contributed by atoms with E-state index in [1.165, 1.54) is 6.42 Å². The fraction of sp³-hybridized carbons (Fsp3) is 0.444. The molecule has 3 rings (SSSR count). The van der Waals surface area contributed by atoms with Crippen LogP contribution in [0.1, 0.15) is 36.5 Å². The number of aromatic nitrogens is 3. The lowest BCUT2D eigenvalue weighted by atomic mass is 10.2. The number of hydrogen-bond donors (Lipinski definition) is 2. The summed E-state index contributed by atoms with van der Waals surface area (Å²) < 4.78 is 7.14. The van der Waals surface area contributed by atoms with Gasteiger partial charge < -0.3 is 19.9 Å². The summed E-state index contributed by atoms with van der Waals surface area (Å²) in [6, 6.07) is 9.36. The zero-order valence-electron chi connectivity index (χ0n) is 14.6. The summed E-state index contributed by atoms with van der Waals surface area (Å²) in [6.07, 6.45) is 3.71. The van der Waals surface area contributed by atoms with Crippen molar-refractivity contribution in [2.24, 2.45) is 0 Å². The number of carbonyl (C=O) groups excluding carboxylic acids is 2. The van der Waals surface area contributed by atoms with Crippen LogP contribution >= 0.6 is 0 Å². The van der Waals surface area contributed by atoms with Gasteiger partial charge in [0.2, 0.25) is 5.91 Å². The molecule has 2 heterocycles. The molecule has 1 aliphatic rings. The number of amides is 2. The maximum absolute atomic E-state index is 11.9. The molecule has 8 heteroatoms. The first-order chi connectivity index (χ1) is 12.7. The lowest BCUT2D eigenvalue weighted by Gasteiger charge is -2.09. The molecule has 0 saturated carbocycles. The van der Waals surface area contributed by atoms with Crippen LogP contribution in [0.3, 0.4) is 0 Å². The number of rotatable bonds is 6. The Morgan fingerprint density at radius 1 is 1.08 bits per heavy atom. The Morgan fingerprint density at radius 3 is 2.77 bits per heavy atom. The van der Waals surface area contributed by atoms with Gasteiger partial charge in [0.05, 0.1) is 6.54 Å². The summed E-state index contributed by atoms with van der Waals surface area (Å²) in [6.45, 7) is 1.21. The number of alkyl carbamates (subject to hydrolysis) is 1. The van der Waals surface area contributed by atoms with Crippen LogP contribution in [0.15, 0.2) is 30.3 Å². The minimum absolute atomic E-state index is 0.144. The van der Waals surface area contributed by atoms with Crippen LogP contribution in [0.2, 0.25) is 0 Å². The maximum Gasteiger partial charge on any atom is 0.407 e. The van der Waals surface area contributed by atoms with Gasteiger partial charge in [-0.1, -0.05) is 36.8 Å². The summed E-state index contributed by atoms with van der Waals surface area (Å²) in [5.41, 5.74) is 0.889. The topological polar surface area (TPSA) is 98.1 Å². The van der Waals surface area contributed by atoms with Gasteiger partial charge in [0.15, 0.2) is 5.82 Å². The van der Waals surface area contributed by atoms with Crippen molar-refractivity contribution in [2.75, 3.05) is 6.54 Å². The van der Waals surface area contributed by atoms with Gasteiger partial charge in [-0.15, -0.1) is 10.2 Å². The Labute approximate surface area is 151 Å². The highest BCUT2D eigenvalue weighted by atomic mass is 16.5. The van der Waals surface area contributed by atoms with E-state index in [-0.39, 0.29) is 19.1 Å². The van der Waals surface area contributed by atoms with Crippen molar-refractivity contribution in [1.82, 2.24) is 25.4 Å². The molecule has 0 aliphatic carbocycles. The lowest BCUT2D eigenvalue weighted by molar-refractivity contribution is -0.120. The predicted octanol–water partition coefficient (Wildman–Crippen LogP) is 1.55. The van der Waals surface area contributed by atoms with E-state index in [0.29, 0.717) is 6.54 Å². The second-order valence-corrected chi connectivity index (χ2v) is 6.19. The Morgan fingerprint density at radius 2 is 1.92 bits per heavy atom. The molecule has 0 fully saturated rings. The number of nitrogens with zero attached hydrogens (tertiary/aromatic N) is 3. The molecule has 0 spiro atoms. The van der Waals surface area contributed by atoms with Crippen molar-refractivity contribution < 1.29 is 14.3 Å². The van der Waals surface area contributed by atoms with Crippen LogP contribution in [-0.4, -0.2) is 33.3 Å². The number of nitrogens with one attached hydrogen (secondary N) is 2. The third kappa shape index (κ3) is 5.05. The second kappa shape index (κ2) is 8.98. The van der Waals surface area contributed by atoms with E-state index in [1.807, 2.05) is 30.3 Å². The normalized spacial score (nSPS) is 13.4. The largest absolute Gasteiger partial charge is 0.445 e. The molecule has 1 aromatic heterocycles. The van der Waals surface area contributed by atoms with Crippen molar-refractivity contribution in [3.8, 4) is 0 Å². The van der Waals surface area contributed by atoms with Crippen LogP contribution < -0.4 is 10.6 Å². The smallest absolute Gasteiger partial charge is 0.407 e. The summed E-state index contributed by atoms with van der Waals surface area (Å²) in [4.78, 5) is 23.6. The molecule has 26 heavy (non-hydrogen) atoms. The van der Waals surface area contributed by atoms with Crippen LogP contribution in [0, 0.1) is 0 Å². The first-order valence-corrected chi connectivity index (χ1v) is 8.84. The highest BCUT2D eigenvalue weighted by molar-refractivity contribution is 5.81. The molecule has 8 nitrogen and oxygen atoms in total. The summed E-state index contributed by atoms with van der Waals surface area (Å²) in [5, 5.41) is 13.5. The third-order valence-electron chi connectivity index (χ3n) is 4.24. The predicted molar refractivity (Wildman–Crippen MR) is 94.1 cm³/mol. The standard InChI is InChI=1S/C18H23N5O3/c24-17(12-20-18(25)26-13-14-7-3-1-4-8-14)19-11-16-22-21-15-9-5-2-6-10-23(15)16/h1,3-4,7-8H,2,5-6,9-13H2,(H,19,24)(H,20,25). The number of aryl methyl sites for hydroxylation is 1. The van der Waals surface area contributed by atoms with E-state index in [2.05, 4.69) is 25.4 Å². The molecule has 2 N–H and O–H groups in total. The van der Waals surface area contributed by atoms with Crippen LogP contribution in [0.5, 0.6) is 0 Å². The van der Waals surface area contributed by atoms with Crippen LogP contribution in [-0.2, 0) is 35.6 Å². The molecular formula is C18H23N5O3. The Hall–Kier alpha value is -2.90. The Bertz CT molecular complexity index is 745. The molecular weight excluding hydrogens is 334 g/mol. The number of benzene rings is 1. The van der Waals surface area contributed by atoms with Crippen molar-refractivity contribution in [2.45, 2.75) is 45.4 Å². The minimum Gasteiger partial charge on any atom is -0.445 e.